The van der Waals surface area contributed by atoms with E-state index in [1.807, 2.05) is 39.0 Å². The lowest BCUT2D eigenvalue weighted by Gasteiger charge is -2.25. The Morgan fingerprint density at radius 3 is 2.61 bits per heavy atom. The van der Waals surface area contributed by atoms with Crippen molar-refractivity contribution < 1.29 is 9.47 Å². The van der Waals surface area contributed by atoms with Gasteiger partial charge in [0.05, 0.1) is 30.6 Å². The number of nitrogens with one attached hydrogen (secondary N) is 1. The highest BCUT2D eigenvalue weighted by Gasteiger charge is 2.33. The lowest BCUT2D eigenvalue weighted by Crippen LogP contribution is -2.30. The normalized spacial score (nSPS) is 17.5. The molecule has 0 aliphatic heterocycles. The highest BCUT2D eigenvalue weighted by Crippen LogP contribution is 2.36. The van der Waals surface area contributed by atoms with Crippen LogP contribution in [-0.4, -0.2) is 34.4 Å². The van der Waals surface area contributed by atoms with Crippen LogP contribution in [0.1, 0.15) is 35.5 Å². The molecule has 3 aromatic rings. The second kappa shape index (κ2) is 8.51. The third-order valence-corrected chi connectivity index (χ3v) is 5.85. The van der Waals surface area contributed by atoms with Crippen LogP contribution in [-0.2, 0) is 18.2 Å². The van der Waals surface area contributed by atoms with Crippen molar-refractivity contribution in [1.29, 1.82) is 0 Å². The maximum Gasteiger partial charge on any atom is 0.278 e. The second-order valence-corrected chi connectivity index (χ2v) is 7.76. The molecule has 0 fully saturated rings. The van der Waals surface area contributed by atoms with E-state index in [0.29, 0.717) is 35.3 Å². The molecule has 2 heterocycles. The van der Waals surface area contributed by atoms with Crippen molar-refractivity contribution >= 4 is 5.82 Å². The third-order valence-electron chi connectivity index (χ3n) is 5.85. The van der Waals surface area contributed by atoms with Gasteiger partial charge in [-0.3, -0.25) is 9.36 Å². The fraction of sp³-hybridized carbons (Fsp3) is 0.375. The van der Waals surface area contributed by atoms with E-state index in [9.17, 15) is 4.79 Å². The Morgan fingerprint density at radius 1 is 1.13 bits per heavy atom. The lowest BCUT2D eigenvalue weighted by molar-refractivity contribution is 0.0572. The van der Waals surface area contributed by atoms with Crippen LogP contribution in [0.4, 0.5) is 5.82 Å². The summed E-state index contributed by atoms with van der Waals surface area (Å²) in [5.74, 6) is 1.20. The maximum absolute atomic E-state index is 13.2. The SMILES string of the molecule is CCO[C@H]1Cc2ccccc2C1Nc1c(C)nc(-c2ccc(OC)nc2C)c(=O)n1C. The van der Waals surface area contributed by atoms with Gasteiger partial charge in [0.15, 0.2) is 0 Å². The monoisotopic (exact) mass is 420 g/mol. The Bertz CT molecular complexity index is 1170. The van der Waals surface area contributed by atoms with E-state index in [1.54, 1.807) is 24.8 Å². The first-order valence-electron chi connectivity index (χ1n) is 10.5. The first kappa shape index (κ1) is 21.1. The van der Waals surface area contributed by atoms with Crippen molar-refractivity contribution in [3.63, 3.8) is 0 Å². The summed E-state index contributed by atoms with van der Waals surface area (Å²) in [4.78, 5) is 22.3. The molecule has 1 aromatic carbocycles. The van der Waals surface area contributed by atoms with Crippen molar-refractivity contribution in [2.45, 2.75) is 39.3 Å². The summed E-state index contributed by atoms with van der Waals surface area (Å²) in [6, 6.07) is 11.9. The Labute approximate surface area is 182 Å². The molecule has 7 nitrogen and oxygen atoms in total. The van der Waals surface area contributed by atoms with Crippen LogP contribution >= 0.6 is 0 Å². The number of pyridine rings is 1. The topological polar surface area (TPSA) is 78.3 Å². The molecule has 0 saturated heterocycles. The van der Waals surface area contributed by atoms with E-state index < -0.39 is 0 Å². The highest BCUT2D eigenvalue weighted by molar-refractivity contribution is 5.63. The van der Waals surface area contributed by atoms with E-state index in [-0.39, 0.29) is 17.7 Å². The molecule has 1 aliphatic carbocycles. The summed E-state index contributed by atoms with van der Waals surface area (Å²) in [7, 11) is 3.34. The van der Waals surface area contributed by atoms with Gasteiger partial charge in [0.2, 0.25) is 5.88 Å². The molecule has 2 atom stereocenters. The summed E-state index contributed by atoms with van der Waals surface area (Å²) >= 11 is 0. The molecule has 0 bridgehead atoms. The second-order valence-electron chi connectivity index (χ2n) is 7.76. The van der Waals surface area contributed by atoms with Crippen molar-refractivity contribution in [1.82, 2.24) is 14.5 Å². The van der Waals surface area contributed by atoms with Gasteiger partial charge in [0, 0.05) is 31.7 Å². The fourth-order valence-electron chi connectivity index (χ4n) is 4.30. The standard InChI is InChI=1S/C24H28N4O3/c1-6-31-19-13-16-9-7-8-10-18(16)21(19)27-23-15(3)26-22(24(29)28(23)4)17-11-12-20(30-5)25-14(17)2/h7-12,19,21,27H,6,13H2,1-5H3/t19-,21?/m0/s1. The molecular weight excluding hydrogens is 392 g/mol. The number of anilines is 1. The number of nitrogens with zero attached hydrogens (tertiary/aromatic N) is 3. The minimum absolute atomic E-state index is 0.00427. The average molecular weight is 421 g/mol. The zero-order chi connectivity index (χ0) is 22.1. The number of hydrogen-bond acceptors (Lipinski definition) is 6. The number of hydrogen-bond donors (Lipinski definition) is 1. The molecule has 1 unspecified atom stereocenters. The van der Waals surface area contributed by atoms with Crippen LogP contribution in [0.2, 0.25) is 0 Å². The molecule has 7 heteroatoms. The van der Waals surface area contributed by atoms with Crippen molar-refractivity contribution in [3.05, 3.63) is 69.3 Å². The van der Waals surface area contributed by atoms with E-state index in [0.717, 1.165) is 12.1 Å². The molecule has 31 heavy (non-hydrogen) atoms. The van der Waals surface area contributed by atoms with Gasteiger partial charge in [-0.05, 0) is 38.0 Å². The van der Waals surface area contributed by atoms with Crippen molar-refractivity contribution in [3.8, 4) is 17.1 Å². The quantitative estimate of drug-likeness (QED) is 0.657. The van der Waals surface area contributed by atoms with Gasteiger partial charge < -0.3 is 14.8 Å². The smallest absolute Gasteiger partial charge is 0.278 e. The van der Waals surface area contributed by atoms with Crippen LogP contribution in [0.3, 0.4) is 0 Å². The summed E-state index contributed by atoms with van der Waals surface area (Å²) in [6.07, 6.45) is 0.848. The van der Waals surface area contributed by atoms with Crippen LogP contribution in [0.15, 0.2) is 41.2 Å². The number of benzene rings is 1. The van der Waals surface area contributed by atoms with Gasteiger partial charge in [-0.25, -0.2) is 9.97 Å². The number of methoxy groups -OCH3 is 1. The van der Waals surface area contributed by atoms with Crippen LogP contribution in [0, 0.1) is 13.8 Å². The van der Waals surface area contributed by atoms with Gasteiger partial charge in [-0.15, -0.1) is 0 Å². The van der Waals surface area contributed by atoms with Crippen LogP contribution in [0.5, 0.6) is 5.88 Å². The zero-order valence-corrected chi connectivity index (χ0v) is 18.6. The Balaban J connectivity index is 1.74. The van der Waals surface area contributed by atoms with Gasteiger partial charge in [0.25, 0.3) is 5.56 Å². The van der Waals surface area contributed by atoms with E-state index >= 15 is 0 Å². The number of aromatic nitrogens is 3. The van der Waals surface area contributed by atoms with E-state index in [2.05, 4.69) is 27.4 Å². The molecule has 0 radical (unpaired) electrons. The highest BCUT2D eigenvalue weighted by atomic mass is 16.5. The Kier molecular flexibility index (Phi) is 5.78. The van der Waals surface area contributed by atoms with Crippen molar-refractivity contribution in [2.24, 2.45) is 7.05 Å². The van der Waals surface area contributed by atoms with Crippen LogP contribution < -0.4 is 15.6 Å². The Morgan fingerprint density at radius 2 is 1.90 bits per heavy atom. The molecule has 1 N–H and O–H groups in total. The fourth-order valence-corrected chi connectivity index (χ4v) is 4.30. The van der Waals surface area contributed by atoms with Crippen molar-refractivity contribution in [2.75, 3.05) is 19.0 Å². The first-order valence-corrected chi connectivity index (χ1v) is 10.5. The zero-order valence-electron chi connectivity index (χ0n) is 18.6. The molecule has 0 spiro atoms. The van der Waals surface area contributed by atoms with E-state index in [4.69, 9.17) is 9.47 Å². The van der Waals surface area contributed by atoms with E-state index in [1.165, 1.54) is 11.1 Å². The molecular formula is C24H28N4O3. The molecule has 0 saturated carbocycles. The Hall–Kier alpha value is -3.19. The lowest BCUT2D eigenvalue weighted by atomic mass is 10.1. The van der Waals surface area contributed by atoms with Gasteiger partial charge in [0.1, 0.15) is 11.5 Å². The predicted octanol–water partition coefficient (Wildman–Crippen LogP) is 3.58. The van der Waals surface area contributed by atoms with Crippen LogP contribution in [0.25, 0.3) is 11.3 Å². The third kappa shape index (κ3) is 3.81. The summed E-state index contributed by atoms with van der Waals surface area (Å²) in [5, 5.41) is 3.56. The summed E-state index contributed by atoms with van der Waals surface area (Å²) < 4.78 is 12.8. The summed E-state index contributed by atoms with van der Waals surface area (Å²) in [5.41, 5.74) is 4.82. The van der Waals surface area contributed by atoms with Gasteiger partial charge >= 0.3 is 0 Å². The molecule has 2 aromatic heterocycles. The summed E-state index contributed by atoms with van der Waals surface area (Å²) in [6.45, 7) is 6.40. The molecule has 0 amide bonds. The average Bonchev–Trinajstić information content (AvgIpc) is 3.11. The molecule has 162 valence electrons. The minimum Gasteiger partial charge on any atom is -0.481 e. The molecule has 4 rings (SSSR count). The first-order chi connectivity index (χ1) is 14.9. The minimum atomic E-state index is -0.178. The van der Waals surface area contributed by atoms with Gasteiger partial charge in [-0.1, -0.05) is 24.3 Å². The van der Waals surface area contributed by atoms with Gasteiger partial charge in [-0.2, -0.15) is 0 Å². The number of fused-ring (bicyclic) bond motifs is 1. The number of aryl methyl sites for hydroxylation is 2. The number of rotatable bonds is 6. The maximum atomic E-state index is 13.2. The molecule has 1 aliphatic rings. The largest absolute Gasteiger partial charge is 0.481 e. The predicted molar refractivity (Wildman–Crippen MR) is 121 cm³/mol. The number of ether oxygens (including phenoxy) is 2.